The van der Waals surface area contributed by atoms with E-state index in [9.17, 15) is 27.7 Å². The third kappa shape index (κ3) is 4.46. The highest BCUT2D eigenvalue weighted by Crippen LogP contribution is 2.26. The van der Waals surface area contributed by atoms with E-state index in [0.29, 0.717) is 0 Å². The summed E-state index contributed by atoms with van der Waals surface area (Å²) in [6, 6.07) is 6.25. The third-order valence-electron chi connectivity index (χ3n) is 3.93. The van der Waals surface area contributed by atoms with Gasteiger partial charge in [0, 0.05) is 25.2 Å². The Morgan fingerprint density at radius 2 is 1.86 bits per heavy atom. The van der Waals surface area contributed by atoms with Gasteiger partial charge in [0.15, 0.2) is 0 Å². The Morgan fingerprint density at radius 3 is 2.43 bits per heavy atom. The largest absolute Gasteiger partial charge is 0.319 e. The molecular formula is C17H17ClFN3O5S. The van der Waals surface area contributed by atoms with Crippen molar-refractivity contribution in [1.82, 2.24) is 4.31 Å². The number of carbonyl (C=O) groups excluding carboxylic acids is 1. The van der Waals surface area contributed by atoms with E-state index < -0.39 is 38.0 Å². The summed E-state index contributed by atoms with van der Waals surface area (Å²) in [6.45, 7) is 3.83. The number of nitrogens with one attached hydrogen (secondary N) is 1. The van der Waals surface area contributed by atoms with Crippen LogP contribution in [0.4, 0.5) is 15.8 Å². The molecule has 0 fully saturated rings. The lowest BCUT2D eigenvalue weighted by Crippen LogP contribution is -2.30. The number of hydrogen-bond donors (Lipinski definition) is 1. The predicted molar refractivity (Wildman–Crippen MR) is 103 cm³/mol. The number of benzene rings is 2. The molecule has 0 spiro atoms. The lowest BCUT2D eigenvalue weighted by atomic mass is 10.2. The van der Waals surface area contributed by atoms with Crippen molar-refractivity contribution in [3.63, 3.8) is 0 Å². The molecule has 1 N–H and O–H groups in total. The Bertz CT molecular complexity index is 1030. The molecule has 0 unspecified atom stereocenters. The van der Waals surface area contributed by atoms with E-state index in [2.05, 4.69) is 5.32 Å². The minimum atomic E-state index is -3.84. The maximum atomic E-state index is 13.9. The zero-order valence-electron chi connectivity index (χ0n) is 15.0. The summed E-state index contributed by atoms with van der Waals surface area (Å²) in [5, 5.41) is 13.0. The lowest BCUT2D eigenvalue weighted by Gasteiger charge is -2.19. The van der Waals surface area contributed by atoms with Crippen molar-refractivity contribution in [2.75, 3.05) is 18.4 Å². The van der Waals surface area contributed by atoms with Crippen LogP contribution in [-0.2, 0) is 10.0 Å². The lowest BCUT2D eigenvalue weighted by molar-refractivity contribution is -0.384. The van der Waals surface area contributed by atoms with E-state index in [0.717, 1.165) is 24.3 Å². The second-order valence-electron chi connectivity index (χ2n) is 5.61. The molecule has 2 aromatic rings. The topological polar surface area (TPSA) is 110 Å². The zero-order valence-corrected chi connectivity index (χ0v) is 16.6. The molecule has 0 aliphatic rings. The SMILES string of the molecule is CCN(CC)S(=O)(=O)c1ccc(Cl)c(C(=O)Nc2cc([N+](=O)[O-])ccc2F)c1. The second kappa shape index (κ2) is 8.63. The van der Waals surface area contributed by atoms with Crippen LogP contribution in [0.25, 0.3) is 0 Å². The van der Waals surface area contributed by atoms with Crippen LogP contribution in [0.15, 0.2) is 41.3 Å². The van der Waals surface area contributed by atoms with Crippen LogP contribution in [0.5, 0.6) is 0 Å². The van der Waals surface area contributed by atoms with Crippen molar-refractivity contribution in [2.45, 2.75) is 18.7 Å². The van der Waals surface area contributed by atoms with Crippen molar-refractivity contribution < 1.29 is 22.5 Å². The molecule has 1 amide bonds. The number of carbonyl (C=O) groups is 1. The molecule has 0 saturated heterocycles. The van der Waals surface area contributed by atoms with Gasteiger partial charge in [-0.2, -0.15) is 4.31 Å². The molecule has 0 aliphatic carbocycles. The highest BCUT2D eigenvalue weighted by Gasteiger charge is 2.24. The van der Waals surface area contributed by atoms with Crippen LogP contribution < -0.4 is 5.32 Å². The maximum absolute atomic E-state index is 13.9. The molecule has 2 rings (SSSR count). The van der Waals surface area contributed by atoms with Gasteiger partial charge in [-0.25, -0.2) is 12.8 Å². The average Bonchev–Trinajstić information content (AvgIpc) is 2.64. The molecule has 0 bridgehead atoms. The standard InChI is InChI=1S/C17H17ClFN3O5S/c1-3-21(4-2)28(26,27)12-6-7-14(18)13(10-12)17(23)20-16-9-11(22(24)25)5-8-15(16)19/h5-10H,3-4H2,1-2H3,(H,20,23). The van der Waals surface area contributed by atoms with Crippen molar-refractivity contribution in [3.8, 4) is 0 Å². The minimum absolute atomic E-state index is 0.0539. The Labute approximate surface area is 166 Å². The van der Waals surface area contributed by atoms with Crippen LogP contribution in [0.1, 0.15) is 24.2 Å². The van der Waals surface area contributed by atoms with Gasteiger partial charge in [0.2, 0.25) is 10.0 Å². The highest BCUT2D eigenvalue weighted by atomic mass is 35.5. The number of nitro benzene ring substituents is 1. The second-order valence-corrected chi connectivity index (χ2v) is 7.95. The van der Waals surface area contributed by atoms with Crippen LogP contribution in [0, 0.1) is 15.9 Å². The smallest absolute Gasteiger partial charge is 0.271 e. The maximum Gasteiger partial charge on any atom is 0.271 e. The zero-order chi connectivity index (χ0) is 21.1. The number of anilines is 1. The quantitative estimate of drug-likeness (QED) is 0.533. The Kier molecular flexibility index (Phi) is 6.70. The number of amides is 1. The first-order chi connectivity index (χ1) is 13.1. The molecule has 2 aromatic carbocycles. The molecule has 0 aliphatic heterocycles. The Balaban J connectivity index is 2.42. The number of halogens is 2. The number of nitrogens with zero attached hydrogens (tertiary/aromatic N) is 2. The summed E-state index contributed by atoms with van der Waals surface area (Å²) < 4.78 is 40.4. The van der Waals surface area contributed by atoms with Crippen molar-refractivity contribution in [2.24, 2.45) is 0 Å². The van der Waals surface area contributed by atoms with E-state index in [1.165, 1.54) is 16.4 Å². The predicted octanol–water partition coefficient (Wildman–Crippen LogP) is 3.67. The normalized spacial score (nSPS) is 11.5. The summed E-state index contributed by atoms with van der Waals surface area (Å²) in [5.41, 5.74) is -1.05. The van der Waals surface area contributed by atoms with Crippen molar-refractivity contribution >= 4 is 38.9 Å². The van der Waals surface area contributed by atoms with Crippen molar-refractivity contribution in [3.05, 3.63) is 62.9 Å². The van der Waals surface area contributed by atoms with Crippen molar-refractivity contribution in [1.29, 1.82) is 0 Å². The molecule has 0 radical (unpaired) electrons. The summed E-state index contributed by atoms with van der Waals surface area (Å²) in [5.74, 6) is -1.79. The summed E-state index contributed by atoms with van der Waals surface area (Å²) >= 11 is 6.00. The molecule has 0 aromatic heterocycles. The van der Waals surface area contributed by atoms with E-state index >= 15 is 0 Å². The van der Waals surface area contributed by atoms with Gasteiger partial charge in [-0.3, -0.25) is 14.9 Å². The fraction of sp³-hybridized carbons (Fsp3) is 0.235. The summed E-state index contributed by atoms with van der Waals surface area (Å²) in [4.78, 5) is 22.5. The average molecular weight is 430 g/mol. The highest BCUT2D eigenvalue weighted by molar-refractivity contribution is 7.89. The van der Waals surface area contributed by atoms with Crippen LogP contribution in [-0.4, -0.2) is 36.6 Å². The fourth-order valence-electron chi connectivity index (χ4n) is 2.46. The number of non-ortho nitro benzene ring substituents is 1. The first kappa shape index (κ1) is 21.7. The Morgan fingerprint density at radius 1 is 1.21 bits per heavy atom. The molecular weight excluding hydrogens is 413 g/mol. The van der Waals surface area contributed by atoms with Gasteiger partial charge in [0.1, 0.15) is 5.82 Å². The number of rotatable bonds is 7. The van der Waals surface area contributed by atoms with Gasteiger partial charge < -0.3 is 5.32 Å². The third-order valence-corrected chi connectivity index (χ3v) is 6.31. The van der Waals surface area contributed by atoms with Gasteiger partial charge in [0.25, 0.3) is 11.6 Å². The minimum Gasteiger partial charge on any atom is -0.319 e. The van der Waals surface area contributed by atoms with E-state index in [1.54, 1.807) is 13.8 Å². The van der Waals surface area contributed by atoms with Gasteiger partial charge in [-0.15, -0.1) is 0 Å². The van der Waals surface area contributed by atoms with Gasteiger partial charge in [-0.05, 0) is 24.3 Å². The van der Waals surface area contributed by atoms with Crippen LogP contribution in [0.2, 0.25) is 5.02 Å². The first-order valence-electron chi connectivity index (χ1n) is 8.16. The van der Waals surface area contributed by atoms with Gasteiger partial charge >= 0.3 is 0 Å². The Hall–Kier alpha value is -2.56. The van der Waals surface area contributed by atoms with E-state index in [4.69, 9.17) is 11.6 Å². The molecule has 11 heteroatoms. The number of hydrogen-bond acceptors (Lipinski definition) is 5. The number of sulfonamides is 1. The number of nitro groups is 1. The van der Waals surface area contributed by atoms with Crippen LogP contribution in [0.3, 0.4) is 0 Å². The molecule has 8 nitrogen and oxygen atoms in total. The molecule has 28 heavy (non-hydrogen) atoms. The molecule has 150 valence electrons. The van der Waals surface area contributed by atoms with E-state index in [1.807, 2.05) is 0 Å². The van der Waals surface area contributed by atoms with Gasteiger partial charge in [-0.1, -0.05) is 25.4 Å². The monoisotopic (exact) mass is 429 g/mol. The molecule has 0 heterocycles. The van der Waals surface area contributed by atoms with Crippen LogP contribution >= 0.6 is 11.6 Å². The fourth-order valence-corrected chi connectivity index (χ4v) is 4.15. The van der Waals surface area contributed by atoms with Gasteiger partial charge in [0.05, 0.1) is 26.1 Å². The molecule has 0 saturated carbocycles. The molecule has 0 atom stereocenters. The summed E-state index contributed by atoms with van der Waals surface area (Å²) in [6.07, 6.45) is 0. The first-order valence-corrected chi connectivity index (χ1v) is 9.98. The van der Waals surface area contributed by atoms with E-state index in [-0.39, 0.29) is 28.6 Å². The summed E-state index contributed by atoms with van der Waals surface area (Å²) in [7, 11) is -3.84.